The Bertz CT molecular complexity index is 1220. The maximum Gasteiger partial charge on any atom is 0.336 e. The summed E-state index contributed by atoms with van der Waals surface area (Å²) in [6, 6.07) is 25.6. The fourth-order valence-corrected chi connectivity index (χ4v) is 3.61. The minimum absolute atomic E-state index is 0.119. The van der Waals surface area contributed by atoms with Gasteiger partial charge >= 0.3 is 5.97 Å². The number of hydrogen-bond donors (Lipinski definition) is 1. The minimum atomic E-state index is -1.02. The Kier molecular flexibility index (Phi) is 4.50. The Balaban J connectivity index is 1.93. The highest BCUT2D eigenvalue weighted by Crippen LogP contribution is 2.31. The highest BCUT2D eigenvalue weighted by Gasteiger charge is 2.20. The molecule has 1 N–H and O–H groups in total. The number of ketones is 1. The summed E-state index contributed by atoms with van der Waals surface area (Å²) in [6.07, 6.45) is 0. The summed E-state index contributed by atoms with van der Waals surface area (Å²) in [4.78, 5) is 25.2. The van der Waals surface area contributed by atoms with E-state index < -0.39 is 5.97 Å². The number of rotatable bonds is 4. The molecule has 0 saturated carbocycles. The van der Waals surface area contributed by atoms with Gasteiger partial charge in [-0.2, -0.15) is 0 Å². The van der Waals surface area contributed by atoms with Gasteiger partial charge in [0, 0.05) is 11.1 Å². The molecular formula is C25H18O3. The predicted octanol–water partition coefficient (Wildman–Crippen LogP) is 5.74. The predicted molar refractivity (Wildman–Crippen MR) is 111 cm³/mol. The number of hydrogen-bond acceptors (Lipinski definition) is 2. The summed E-state index contributed by atoms with van der Waals surface area (Å²) >= 11 is 0. The number of carbonyl (C=O) groups excluding carboxylic acids is 1. The van der Waals surface area contributed by atoms with E-state index in [0.29, 0.717) is 22.3 Å². The maximum absolute atomic E-state index is 13.5. The lowest BCUT2D eigenvalue weighted by atomic mass is 9.89. The Morgan fingerprint density at radius 3 is 1.82 bits per heavy atom. The molecule has 0 aliphatic heterocycles. The molecule has 136 valence electrons. The van der Waals surface area contributed by atoms with E-state index in [9.17, 15) is 14.7 Å². The smallest absolute Gasteiger partial charge is 0.336 e. The average Bonchev–Trinajstić information content (AvgIpc) is 2.74. The van der Waals surface area contributed by atoms with Crippen LogP contribution in [0.1, 0.15) is 31.8 Å². The molecule has 3 heteroatoms. The van der Waals surface area contributed by atoms with E-state index in [1.165, 1.54) is 0 Å². The summed E-state index contributed by atoms with van der Waals surface area (Å²) in [6.45, 7) is 2.02. The van der Waals surface area contributed by atoms with Crippen molar-refractivity contribution in [2.45, 2.75) is 6.92 Å². The summed E-state index contributed by atoms with van der Waals surface area (Å²) in [5.74, 6) is -1.13. The van der Waals surface area contributed by atoms with Crippen LogP contribution in [-0.2, 0) is 0 Å². The number of benzene rings is 4. The van der Waals surface area contributed by atoms with Crippen LogP contribution in [-0.4, -0.2) is 16.9 Å². The molecule has 28 heavy (non-hydrogen) atoms. The molecule has 0 unspecified atom stereocenters. The third-order valence-electron chi connectivity index (χ3n) is 5.01. The monoisotopic (exact) mass is 366 g/mol. The Hall–Kier alpha value is -3.72. The van der Waals surface area contributed by atoms with Crippen LogP contribution in [0, 0.1) is 6.92 Å². The number of fused-ring (bicyclic) bond motifs is 1. The van der Waals surface area contributed by atoms with Gasteiger partial charge in [0.25, 0.3) is 0 Å². The van der Waals surface area contributed by atoms with Gasteiger partial charge in [-0.15, -0.1) is 0 Å². The molecular weight excluding hydrogens is 348 g/mol. The molecule has 0 heterocycles. The van der Waals surface area contributed by atoms with E-state index >= 15 is 0 Å². The van der Waals surface area contributed by atoms with E-state index in [1.54, 1.807) is 42.5 Å². The van der Waals surface area contributed by atoms with Crippen LogP contribution in [0.4, 0.5) is 0 Å². The van der Waals surface area contributed by atoms with Gasteiger partial charge in [0.15, 0.2) is 5.78 Å². The van der Waals surface area contributed by atoms with E-state index in [4.69, 9.17) is 0 Å². The number of aromatic carboxylic acids is 1. The highest BCUT2D eigenvalue weighted by atomic mass is 16.4. The van der Waals surface area contributed by atoms with Crippen molar-refractivity contribution in [1.82, 2.24) is 0 Å². The van der Waals surface area contributed by atoms with Gasteiger partial charge in [-0.05, 0) is 40.5 Å². The molecule has 0 aliphatic rings. The van der Waals surface area contributed by atoms with Crippen molar-refractivity contribution >= 4 is 22.5 Å². The van der Waals surface area contributed by atoms with Crippen molar-refractivity contribution in [1.29, 1.82) is 0 Å². The lowest BCUT2D eigenvalue weighted by Gasteiger charge is -2.13. The first-order valence-corrected chi connectivity index (χ1v) is 9.02. The first-order chi connectivity index (χ1) is 13.6. The fraction of sp³-hybridized carbons (Fsp3) is 0.0400. The van der Waals surface area contributed by atoms with E-state index in [-0.39, 0.29) is 11.3 Å². The summed E-state index contributed by atoms with van der Waals surface area (Å²) in [5, 5.41) is 11.5. The molecule has 0 saturated heterocycles. The number of carbonyl (C=O) groups is 2. The zero-order chi connectivity index (χ0) is 19.7. The van der Waals surface area contributed by atoms with Crippen LogP contribution in [0.5, 0.6) is 0 Å². The Morgan fingerprint density at radius 2 is 1.14 bits per heavy atom. The molecule has 0 aliphatic carbocycles. The molecule has 0 spiro atoms. The van der Waals surface area contributed by atoms with E-state index in [0.717, 1.165) is 16.3 Å². The van der Waals surface area contributed by atoms with Crippen LogP contribution in [0.15, 0.2) is 84.9 Å². The second-order valence-electron chi connectivity index (χ2n) is 6.70. The number of aryl methyl sites for hydroxylation is 1. The van der Waals surface area contributed by atoms with Gasteiger partial charge in [-0.1, -0.05) is 78.9 Å². The SMILES string of the molecule is Cc1ccc(C(=O)c2ccccc2-c2ccccc2C(=O)O)c2ccccc12. The van der Waals surface area contributed by atoms with Gasteiger partial charge in [0.1, 0.15) is 0 Å². The quantitative estimate of drug-likeness (QED) is 0.468. The topological polar surface area (TPSA) is 54.4 Å². The van der Waals surface area contributed by atoms with Crippen molar-refractivity contribution in [2.24, 2.45) is 0 Å². The molecule has 0 amide bonds. The first-order valence-electron chi connectivity index (χ1n) is 9.02. The molecule has 4 aromatic rings. The normalized spacial score (nSPS) is 10.8. The molecule has 4 aromatic carbocycles. The highest BCUT2D eigenvalue weighted by molar-refractivity contribution is 6.19. The first kappa shape index (κ1) is 17.7. The fourth-order valence-electron chi connectivity index (χ4n) is 3.61. The zero-order valence-corrected chi connectivity index (χ0v) is 15.3. The van der Waals surface area contributed by atoms with Crippen LogP contribution in [0.3, 0.4) is 0 Å². The Morgan fingerprint density at radius 1 is 0.607 bits per heavy atom. The lowest BCUT2D eigenvalue weighted by molar-refractivity contribution is 0.0697. The van der Waals surface area contributed by atoms with Gasteiger partial charge in [-0.3, -0.25) is 4.79 Å². The Labute approximate surface area is 162 Å². The van der Waals surface area contributed by atoms with Gasteiger partial charge < -0.3 is 5.11 Å². The van der Waals surface area contributed by atoms with E-state index in [1.807, 2.05) is 49.4 Å². The second-order valence-corrected chi connectivity index (χ2v) is 6.70. The zero-order valence-electron chi connectivity index (χ0n) is 15.3. The minimum Gasteiger partial charge on any atom is -0.478 e. The second kappa shape index (κ2) is 7.12. The third-order valence-corrected chi connectivity index (χ3v) is 5.01. The van der Waals surface area contributed by atoms with Crippen LogP contribution < -0.4 is 0 Å². The summed E-state index contributed by atoms with van der Waals surface area (Å²) < 4.78 is 0. The van der Waals surface area contributed by atoms with Crippen LogP contribution in [0.2, 0.25) is 0 Å². The molecule has 0 aromatic heterocycles. The largest absolute Gasteiger partial charge is 0.478 e. The summed E-state index contributed by atoms with van der Waals surface area (Å²) in [7, 11) is 0. The van der Waals surface area contributed by atoms with Crippen molar-refractivity contribution < 1.29 is 14.7 Å². The van der Waals surface area contributed by atoms with Crippen LogP contribution in [0.25, 0.3) is 21.9 Å². The van der Waals surface area contributed by atoms with Crippen LogP contribution >= 0.6 is 0 Å². The van der Waals surface area contributed by atoms with Crippen molar-refractivity contribution in [2.75, 3.05) is 0 Å². The number of carboxylic acids is 1. The van der Waals surface area contributed by atoms with Crippen molar-refractivity contribution in [3.63, 3.8) is 0 Å². The summed E-state index contributed by atoms with van der Waals surface area (Å²) in [5.41, 5.74) is 3.55. The number of carboxylic acid groups (broad SMARTS) is 1. The molecule has 4 rings (SSSR count). The third kappa shape index (κ3) is 2.97. The molecule has 0 radical (unpaired) electrons. The maximum atomic E-state index is 13.5. The molecule has 0 atom stereocenters. The van der Waals surface area contributed by atoms with E-state index in [2.05, 4.69) is 0 Å². The van der Waals surface area contributed by atoms with Gasteiger partial charge in [0.2, 0.25) is 0 Å². The average molecular weight is 366 g/mol. The molecule has 0 bridgehead atoms. The lowest BCUT2D eigenvalue weighted by Crippen LogP contribution is -2.07. The molecule has 3 nitrogen and oxygen atoms in total. The van der Waals surface area contributed by atoms with Crippen molar-refractivity contribution in [3.8, 4) is 11.1 Å². The molecule has 0 fully saturated rings. The standard InChI is InChI=1S/C25H18O3/c1-16-14-15-22(18-9-3-2-8-17(16)18)24(26)21-12-6-4-10-19(21)20-11-5-7-13-23(20)25(27)28/h2-15H,1H3,(H,27,28). The van der Waals surface area contributed by atoms with Gasteiger partial charge in [-0.25, -0.2) is 4.79 Å². The van der Waals surface area contributed by atoms with Crippen molar-refractivity contribution in [3.05, 3.63) is 107 Å². The van der Waals surface area contributed by atoms with Gasteiger partial charge in [0.05, 0.1) is 5.56 Å².